The molecule has 0 aromatic heterocycles. The summed E-state index contributed by atoms with van der Waals surface area (Å²) in [5.74, 6) is 0.219. The first kappa shape index (κ1) is 27.8. The Hall–Kier alpha value is -0.260. The number of ether oxygens (including phenoxy) is 1. The summed E-state index contributed by atoms with van der Waals surface area (Å²) in [6, 6.07) is 0. The van der Waals surface area contributed by atoms with Crippen LogP contribution in [0.4, 0.5) is 0 Å². The Balaban J connectivity index is 1.93. The van der Waals surface area contributed by atoms with Gasteiger partial charge in [-0.25, -0.2) is 0 Å². The van der Waals surface area contributed by atoms with Gasteiger partial charge >= 0.3 is 8.60 Å². The number of methoxy groups -OCH3 is 1. The maximum absolute atomic E-state index is 12.4. The van der Waals surface area contributed by atoms with Crippen LogP contribution in [0.2, 0.25) is 0 Å². The van der Waals surface area contributed by atoms with Crippen molar-refractivity contribution in [2.45, 2.75) is 96.8 Å². The smallest absolute Gasteiger partial charge is 0.332 e. The molecule has 1 heterocycles. The first-order valence-electron chi connectivity index (χ1n) is 12.2. The first-order chi connectivity index (χ1) is 14.8. The van der Waals surface area contributed by atoms with Gasteiger partial charge in [-0.15, -0.1) is 0 Å². The van der Waals surface area contributed by atoms with Crippen molar-refractivity contribution >= 4 is 14.5 Å². The molecule has 0 spiro atoms. The molecule has 1 amide bonds. The molecule has 7 heteroatoms. The second-order valence-electron chi connectivity index (χ2n) is 8.09. The molecule has 0 atom stereocenters. The zero-order valence-electron chi connectivity index (χ0n) is 19.6. The van der Waals surface area contributed by atoms with E-state index in [0.29, 0.717) is 45.9 Å². The van der Waals surface area contributed by atoms with Gasteiger partial charge in [0.25, 0.3) is 0 Å². The van der Waals surface area contributed by atoms with Crippen molar-refractivity contribution in [3.8, 4) is 0 Å². The van der Waals surface area contributed by atoms with Gasteiger partial charge in [0, 0.05) is 26.6 Å². The number of unbranched alkanes of at least 4 members (excludes halogenated alkanes) is 12. The van der Waals surface area contributed by atoms with Crippen LogP contribution in [0.3, 0.4) is 0 Å². The lowest BCUT2D eigenvalue weighted by atomic mass is 10.0. The lowest BCUT2D eigenvalue weighted by molar-refractivity contribution is -0.132. The van der Waals surface area contributed by atoms with Crippen molar-refractivity contribution in [2.24, 2.45) is 0 Å². The molecule has 0 N–H and O–H groups in total. The zero-order chi connectivity index (χ0) is 21.7. The largest absolute Gasteiger partial charge is 0.382 e. The van der Waals surface area contributed by atoms with E-state index >= 15 is 0 Å². The molecule has 6 nitrogen and oxygen atoms in total. The second kappa shape index (κ2) is 20.6. The monoisotopic (exact) mass is 447 g/mol. The van der Waals surface area contributed by atoms with Gasteiger partial charge in [-0.05, 0) is 6.42 Å². The van der Waals surface area contributed by atoms with Crippen molar-refractivity contribution in [3.05, 3.63) is 0 Å². The average molecular weight is 448 g/mol. The van der Waals surface area contributed by atoms with E-state index in [-0.39, 0.29) is 5.91 Å². The highest BCUT2D eigenvalue weighted by atomic mass is 31.2. The molecule has 30 heavy (non-hydrogen) atoms. The number of rotatable bonds is 18. The lowest BCUT2D eigenvalue weighted by Gasteiger charge is -2.27. The fourth-order valence-corrected chi connectivity index (χ4v) is 4.48. The summed E-state index contributed by atoms with van der Waals surface area (Å²) in [5, 5.41) is 0. The topological polar surface area (TPSA) is 57.2 Å². The molecule has 0 saturated carbocycles. The lowest BCUT2D eigenvalue weighted by Crippen LogP contribution is -2.37. The molecule has 1 rings (SSSR count). The third-order valence-electron chi connectivity index (χ3n) is 5.45. The maximum Gasteiger partial charge on any atom is 0.332 e. The SMILES string of the molecule is CCCCCCCCCCCCCCCC(=O)N1CCOP(OCCOC)OCC1. The van der Waals surface area contributed by atoms with Crippen LogP contribution in [0.1, 0.15) is 96.8 Å². The molecule has 1 saturated heterocycles. The van der Waals surface area contributed by atoms with Crippen molar-refractivity contribution in [1.82, 2.24) is 4.90 Å². The van der Waals surface area contributed by atoms with Crippen LogP contribution in [-0.4, -0.2) is 57.4 Å². The van der Waals surface area contributed by atoms with Gasteiger partial charge in [-0.1, -0.05) is 84.0 Å². The number of amides is 1. The maximum atomic E-state index is 12.4. The summed E-state index contributed by atoms with van der Waals surface area (Å²) < 4.78 is 21.7. The standard InChI is InChI=1S/C23H46NO5P/c1-3-4-5-6-7-8-9-10-11-12-13-14-15-16-23(25)24-17-19-27-30(28-20-18-24)29-22-21-26-2/h3-22H2,1-2H3. The van der Waals surface area contributed by atoms with E-state index in [9.17, 15) is 4.79 Å². The van der Waals surface area contributed by atoms with Gasteiger partial charge in [0.2, 0.25) is 5.91 Å². The number of carbonyl (C=O) groups excluding carboxylic acids is 1. The molecule has 1 fully saturated rings. The van der Waals surface area contributed by atoms with E-state index in [1.807, 2.05) is 4.90 Å². The van der Waals surface area contributed by atoms with Crippen LogP contribution in [0.15, 0.2) is 0 Å². The Labute approximate surface area is 186 Å². The van der Waals surface area contributed by atoms with Gasteiger partial charge in [0.1, 0.15) is 0 Å². The normalized spacial score (nSPS) is 15.9. The van der Waals surface area contributed by atoms with E-state index in [2.05, 4.69) is 6.92 Å². The first-order valence-corrected chi connectivity index (χ1v) is 13.3. The highest BCUT2D eigenvalue weighted by Crippen LogP contribution is 2.39. The van der Waals surface area contributed by atoms with E-state index in [1.165, 1.54) is 70.6 Å². The minimum absolute atomic E-state index is 0.219. The van der Waals surface area contributed by atoms with Crippen LogP contribution in [0, 0.1) is 0 Å². The highest BCUT2D eigenvalue weighted by Gasteiger charge is 2.20. The molecule has 0 aromatic rings. The van der Waals surface area contributed by atoms with E-state index in [4.69, 9.17) is 18.3 Å². The quantitative estimate of drug-likeness (QED) is 0.184. The van der Waals surface area contributed by atoms with Crippen LogP contribution in [0.5, 0.6) is 0 Å². The van der Waals surface area contributed by atoms with Crippen LogP contribution in [-0.2, 0) is 23.1 Å². The Morgan fingerprint density at radius 3 is 1.80 bits per heavy atom. The summed E-state index contributed by atoms with van der Waals surface area (Å²) in [6.07, 6.45) is 17.8. The van der Waals surface area contributed by atoms with Gasteiger partial charge in [-0.3, -0.25) is 4.79 Å². The number of hydrogen-bond acceptors (Lipinski definition) is 5. The second-order valence-corrected chi connectivity index (χ2v) is 9.31. The summed E-state index contributed by atoms with van der Waals surface area (Å²) in [7, 11) is 0.325. The Kier molecular flexibility index (Phi) is 19.1. The van der Waals surface area contributed by atoms with Crippen molar-refractivity contribution in [2.75, 3.05) is 46.6 Å². The molecule has 0 aliphatic carbocycles. The molecule has 0 bridgehead atoms. The van der Waals surface area contributed by atoms with Gasteiger partial charge < -0.3 is 23.2 Å². The van der Waals surface area contributed by atoms with E-state index < -0.39 is 8.60 Å². The Morgan fingerprint density at radius 2 is 1.30 bits per heavy atom. The van der Waals surface area contributed by atoms with Crippen molar-refractivity contribution < 1.29 is 23.1 Å². The predicted octanol–water partition coefficient (Wildman–Crippen LogP) is 6.23. The van der Waals surface area contributed by atoms with Gasteiger partial charge in [0.05, 0.1) is 26.4 Å². The van der Waals surface area contributed by atoms with Crippen LogP contribution < -0.4 is 0 Å². The summed E-state index contributed by atoms with van der Waals surface area (Å²) in [6.45, 7) is 5.42. The van der Waals surface area contributed by atoms with Gasteiger partial charge in [-0.2, -0.15) is 0 Å². The molecular weight excluding hydrogens is 401 g/mol. The summed E-state index contributed by atoms with van der Waals surface area (Å²) >= 11 is 0. The molecule has 0 unspecified atom stereocenters. The van der Waals surface area contributed by atoms with Crippen LogP contribution in [0.25, 0.3) is 0 Å². The third-order valence-corrected chi connectivity index (χ3v) is 6.63. The third kappa shape index (κ3) is 15.5. The number of carbonyl (C=O) groups is 1. The fraction of sp³-hybridized carbons (Fsp3) is 0.957. The van der Waals surface area contributed by atoms with E-state index in [0.717, 1.165) is 12.8 Å². The number of hydrogen-bond donors (Lipinski definition) is 0. The molecule has 1 aliphatic rings. The minimum atomic E-state index is -1.31. The minimum Gasteiger partial charge on any atom is -0.382 e. The summed E-state index contributed by atoms with van der Waals surface area (Å²) in [4.78, 5) is 14.3. The predicted molar refractivity (Wildman–Crippen MR) is 124 cm³/mol. The van der Waals surface area contributed by atoms with Crippen LogP contribution >= 0.6 is 8.60 Å². The molecular formula is C23H46NO5P. The average Bonchev–Trinajstić information content (AvgIpc) is 2.73. The highest BCUT2D eigenvalue weighted by molar-refractivity contribution is 7.41. The Morgan fingerprint density at radius 1 is 0.800 bits per heavy atom. The molecule has 0 radical (unpaired) electrons. The van der Waals surface area contributed by atoms with E-state index in [1.54, 1.807) is 7.11 Å². The Bertz CT molecular complexity index is 390. The molecule has 1 aliphatic heterocycles. The van der Waals surface area contributed by atoms with Crippen molar-refractivity contribution in [3.63, 3.8) is 0 Å². The number of nitrogens with zero attached hydrogens (tertiary/aromatic N) is 1. The molecule has 0 aromatic carbocycles. The van der Waals surface area contributed by atoms with Crippen molar-refractivity contribution in [1.29, 1.82) is 0 Å². The summed E-state index contributed by atoms with van der Waals surface area (Å²) in [5.41, 5.74) is 0. The fourth-order valence-electron chi connectivity index (χ4n) is 3.57. The molecule has 178 valence electrons. The zero-order valence-corrected chi connectivity index (χ0v) is 20.5. The van der Waals surface area contributed by atoms with Gasteiger partial charge in [0.15, 0.2) is 0 Å².